The fourth-order valence-electron chi connectivity index (χ4n) is 2.70. The lowest BCUT2D eigenvalue weighted by Gasteiger charge is -2.11. The summed E-state index contributed by atoms with van der Waals surface area (Å²) < 4.78 is 8.44. The number of carbonyl (C=O) groups excluding carboxylic acids is 1. The summed E-state index contributed by atoms with van der Waals surface area (Å²) in [6, 6.07) is 13.3. The number of rotatable bonds is 5. The van der Waals surface area contributed by atoms with E-state index in [4.69, 9.17) is 4.74 Å². The van der Waals surface area contributed by atoms with Crippen LogP contribution in [0.25, 0.3) is 10.2 Å². The molecule has 0 atom stereocenters. The van der Waals surface area contributed by atoms with Gasteiger partial charge in [0.15, 0.2) is 4.80 Å². The zero-order valence-electron chi connectivity index (χ0n) is 15.1. The molecule has 0 N–H and O–H groups in total. The molecule has 0 spiro atoms. The Hall–Kier alpha value is -2.86. The van der Waals surface area contributed by atoms with Gasteiger partial charge in [-0.3, -0.25) is 4.79 Å². The Kier molecular flexibility index (Phi) is 5.23. The number of allylic oxidation sites excluding steroid dienone is 1. The van der Waals surface area contributed by atoms with Gasteiger partial charge in [-0.15, -0.1) is 6.58 Å². The summed E-state index contributed by atoms with van der Waals surface area (Å²) in [7, 11) is 5.56. The first-order valence-corrected chi connectivity index (χ1v) is 9.00. The van der Waals surface area contributed by atoms with Crippen molar-refractivity contribution in [3.05, 3.63) is 65.5 Å². The molecule has 3 rings (SSSR count). The fourth-order valence-corrected chi connectivity index (χ4v) is 3.75. The molecule has 5 nitrogen and oxygen atoms in total. The second-order valence-corrected chi connectivity index (χ2v) is 6.96. The predicted octanol–water partition coefficient (Wildman–Crippen LogP) is 3.70. The van der Waals surface area contributed by atoms with E-state index in [1.165, 1.54) is 11.3 Å². The number of hydrogen-bond donors (Lipinski definition) is 0. The number of carbonyl (C=O) groups is 1. The maximum atomic E-state index is 12.6. The molecule has 0 aliphatic heterocycles. The van der Waals surface area contributed by atoms with E-state index in [0.29, 0.717) is 16.9 Å². The highest BCUT2D eigenvalue weighted by molar-refractivity contribution is 7.16. The largest absolute Gasteiger partial charge is 0.495 e. The fraction of sp³-hybridized carbons (Fsp3) is 0.200. The van der Waals surface area contributed by atoms with Crippen LogP contribution in [0.2, 0.25) is 0 Å². The molecule has 1 amide bonds. The first-order valence-electron chi connectivity index (χ1n) is 8.19. The maximum Gasteiger partial charge on any atom is 0.279 e. The Labute approximate surface area is 156 Å². The van der Waals surface area contributed by atoms with Gasteiger partial charge in [0.05, 0.1) is 11.8 Å². The summed E-state index contributed by atoms with van der Waals surface area (Å²) in [5.41, 5.74) is 2.52. The summed E-state index contributed by atoms with van der Waals surface area (Å²) in [5, 5.41) is 0. The standard InChI is InChI=1S/C20H21N3O2S/c1-5-13-23-18-16(25-4)7-6-8-17(18)26-20(23)21-19(24)14-9-11-15(12-10-14)22(2)3/h5-12H,1,13H2,2-4H3. The van der Waals surface area contributed by atoms with Crippen molar-refractivity contribution in [2.75, 3.05) is 26.1 Å². The third kappa shape index (κ3) is 3.41. The van der Waals surface area contributed by atoms with Crippen molar-refractivity contribution in [1.82, 2.24) is 4.57 Å². The number of benzene rings is 2. The highest BCUT2D eigenvalue weighted by Gasteiger charge is 2.12. The summed E-state index contributed by atoms with van der Waals surface area (Å²) in [6.07, 6.45) is 1.79. The van der Waals surface area contributed by atoms with E-state index in [9.17, 15) is 4.79 Å². The smallest absolute Gasteiger partial charge is 0.279 e. The molecule has 26 heavy (non-hydrogen) atoms. The molecule has 0 aliphatic rings. The minimum Gasteiger partial charge on any atom is -0.495 e. The van der Waals surface area contributed by atoms with Gasteiger partial charge in [-0.05, 0) is 36.4 Å². The highest BCUT2D eigenvalue weighted by Crippen LogP contribution is 2.27. The van der Waals surface area contributed by atoms with Gasteiger partial charge < -0.3 is 14.2 Å². The van der Waals surface area contributed by atoms with Crippen LogP contribution in [0.5, 0.6) is 5.75 Å². The Morgan fingerprint density at radius 3 is 2.62 bits per heavy atom. The number of aromatic nitrogens is 1. The Morgan fingerprint density at radius 1 is 1.27 bits per heavy atom. The highest BCUT2D eigenvalue weighted by atomic mass is 32.1. The number of anilines is 1. The van der Waals surface area contributed by atoms with Gasteiger partial charge >= 0.3 is 0 Å². The molecule has 0 fully saturated rings. The topological polar surface area (TPSA) is 46.8 Å². The molecule has 0 saturated carbocycles. The van der Waals surface area contributed by atoms with Gasteiger partial charge in [-0.25, -0.2) is 0 Å². The monoisotopic (exact) mass is 367 g/mol. The number of fused-ring (bicyclic) bond motifs is 1. The van der Waals surface area contributed by atoms with Crippen LogP contribution < -0.4 is 14.4 Å². The maximum absolute atomic E-state index is 12.6. The molecule has 1 heterocycles. The van der Waals surface area contributed by atoms with Crippen molar-refractivity contribution in [3.63, 3.8) is 0 Å². The molecule has 0 saturated heterocycles. The average molecular weight is 367 g/mol. The van der Waals surface area contributed by atoms with Crippen LogP contribution in [0.15, 0.2) is 60.1 Å². The van der Waals surface area contributed by atoms with E-state index in [2.05, 4.69) is 11.6 Å². The molecule has 2 aromatic carbocycles. The van der Waals surface area contributed by atoms with E-state index in [0.717, 1.165) is 21.7 Å². The van der Waals surface area contributed by atoms with Crippen LogP contribution >= 0.6 is 11.3 Å². The van der Waals surface area contributed by atoms with Crippen LogP contribution in [-0.4, -0.2) is 31.7 Å². The van der Waals surface area contributed by atoms with Crippen LogP contribution in [0.1, 0.15) is 10.4 Å². The van der Waals surface area contributed by atoms with Crippen molar-refractivity contribution < 1.29 is 9.53 Å². The van der Waals surface area contributed by atoms with E-state index in [-0.39, 0.29) is 5.91 Å². The van der Waals surface area contributed by atoms with Gasteiger partial charge in [0.2, 0.25) is 0 Å². The lowest BCUT2D eigenvalue weighted by atomic mass is 10.2. The Bertz CT molecular complexity index is 1010. The van der Waals surface area contributed by atoms with Crippen molar-refractivity contribution in [2.24, 2.45) is 4.99 Å². The third-order valence-corrected chi connectivity index (χ3v) is 5.07. The van der Waals surface area contributed by atoms with Crippen molar-refractivity contribution in [3.8, 4) is 5.75 Å². The number of amides is 1. The van der Waals surface area contributed by atoms with Gasteiger partial charge in [0.25, 0.3) is 5.91 Å². The zero-order valence-corrected chi connectivity index (χ0v) is 15.9. The molecule has 3 aromatic rings. The van der Waals surface area contributed by atoms with Crippen molar-refractivity contribution >= 4 is 33.1 Å². The van der Waals surface area contributed by atoms with Gasteiger partial charge in [0, 0.05) is 31.9 Å². The zero-order chi connectivity index (χ0) is 18.7. The first kappa shape index (κ1) is 17.9. The second-order valence-electron chi connectivity index (χ2n) is 5.95. The van der Waals surface area contributed by atoms with Gasteiger partial charge in [-0.1, -0.05) is 23.5 Å². The number of methoxy groups -OCH3 is 1. The Morgan fingerprint density at radius 2 is 2.00 bits per heavy atom. The first-order chi connectivity index (χ1) is 12.5. The molecular formula is C20H21N3O2S. The molecule has 6 heteroatoms. The number of nitrogens with zero attached hydrogens (tertiary/aromatic N) is 3. The van der Waals surface area contributed by atoms with Crippen molar-refractivity contribution in [1.29, 1.82) is 0 Å². The van der Waals surface area contributed by atoms with Crippen LogP contribution in [0, 0.1) is 0 Å². The van der Waals surface area contributed by atoms with Gasteiger partial charge in [0.1, 0.15) is 11.3 Å². The predicted molar refractivity (Wildman–Crippen MR) is 107 cm³/mol. The lowest BCUT2D eigenvalue weighted by Crippen LogP contribution is -2.16. The number of para-hydroxylation sites is 1. The molecule has 0 aliphatic carbocycles. The SMILES string of the molecule is C=CCn1c(=NC(=O)c2ccc(N(C)C)cc2)sc2cccc(OC)c21. The van der Waals surface area contributed by atoms with Crippen LogP contribution in [0.3, 0.4) is 0 Å². The summed E-state index contributed by atoms with van der Waals surface area (Å²) in [6.45, 7) is 4.36. The molecule has 0 radical (unpaired) electrons. The normalized spacial score (nSPS) is 11.6. The third-order valence-electron chi connectivity index (χ3n) is 4.02. The lowest BCUT2D eigenvalue weighted by molar-refractivity contribution is 0.0998. The van der Waals surface area contributed by atoms with E-state index >= 15 is 0 Å². The molecule has 0 unspecified atom stereocenters. The van der Waals surface area contributed by atoms with Crippen molar-refractivity contribution in [2.45, 2.75) is 6.54 Å². The Balaban J connectivity index is 2.09. The number of hydrogen-bond acceptors (Lipinski definition) is 4. The van der Waals surface area contributed by atoms with E-state index in [1.54, 1.807) is 25.3 Å². The summed E-state index contributed by atoms with van der Waals surface area (Å²) in [5.74, 6) is 0.489. The molecule has 1 aromatic heterocycles. The quantitative estimate of drug-likeness (QED) is 0.646. The number of thiazole rings is 1. The molecule has 0 bridgehead atoms. The average Bonchev–Trinajstić information content (AvgIpc) is 2.99. The second kappa shape index (κ2) is 7.58. The van der Waals surface area contributed by atoms with Crippen LogP contribution in [-0.2, 0) is 6.54 Å². The summed E-state index contributed by atoms with van der Waals surface area (Å²) in [4.78, 5) is 19.6. The van der Waals surface area contributed by atoms with E-state index < -0.39 is 0 Å². The van der Waals surface area contributed by atoms with Gasteiger partial charge in [-0.2, -0.15) is 4.99 Å². The minimum absolute atomic E-state index is 0.265. The van der Waals surface area contributed by atoms with E-state index in [1.807, 2.05) is 53.9 Å². The van der Waals surface area contributed by atoms with Crippen LogP contribution in [0.4, 0.5) is 5.69 Å². The summed E-state index contributed by atoms with van der Waals surface area (Å²) >= 11 is 1.46. The minimum atomic E-state index is -0.265. The molecule has 134 valence electrons. The number of ether oxygens (including phenoxy) is 1. The molecular weight excluding hydrogens is 346 g/mol.